The number of hydrogen-bond donors (Lipinski definition) is 2. The van der Waals surface area contributed by atoms with Crippen LogP contribution < -0.4 is 15.4 Å². The third-order valence-corrected chi connectivity index (χ3v) is 2.91. The van der Waals surface area contributed by atoms with E-state index in [2.05, 4.69) is 10.6 Å². The summed E-state index contributed by atoms with van der Waals surface area (Å²) in [5, 5.41) is 5.30. The molecule has 1 aliphatic rings. The van der Waals surface area contributed by atoms with Gasteiger partial charge in [0.15, 0.2) is 0 Å². The van der Waals surface area contributed by atoms with Crippen LogP contribution in [0.15, 0.2) is 54.6 Å². The van der Waals surface area contributed by atoms with E-state index in [0.29, 0.717) is 17.1 Å². The van der Waals surface area contributed by atoms with Crippen LogP contribution >= 0.6 is 0 Å². The molecule has 20 heavy (non-hydrogen) atoms. The van der Waals surface area contributed by atoms with E-state index in [0.717, 1.165) is 0 Å². The number of para-hydroxylation sites is 3. The predicted molar refractivity (Wildman–Crippen MR) is 74.6 cm³/mol. The lowest BCUT2D eigenvalue weighted by molar-refractivity contribution is -0.133. The summed E-state index contributed by atoms with van der Waals surface area (Å²) >= 11 is 0. The second kappa shape index (κ2) is 5.05. The number of benzene rings is 2. The summed E-state index contributed by atoms with van der Waals surface area (Å²) in [6, 6.07) is 15.9. The first-order valence-corrected chi connectivity index (χ1v) is 6.16. The summed E-state index contributed by atoms with van der Waals surface area (Å²) in [6.45, 7) is 0. The highest BCUT2D eigenvalue weighted by molar-refractivity contribution is 6.15. The summed E-state index contributed by atoms with van der Waals surface area (Å²) in [7, 11) is 0. The fourth-order valence-corrected chi connectivity index (χ4v) is 1.95. The van der Waals surface area contributed by atoms with E-state index in [9.17, 15) is 9.59 Å². The maximum Gasteiger partial charge on any atom is 0.275 e. The third kappa shape index (κ3) is 2.33. The van der Waals surface area contributed by atoms with Crippen molar-refractivity contribution < 1.29 is 14.3 Å². The lowest BCUT2D eigenvalue weighted by atomic mass is 10.2. The molecule has 1 aliphatic heterocycles. The quantitative estimate of drug-likeness (QED) is 0.819. The van der Waals surface area contributed by atoms with Crippen LogP contribution in [0.25, 0.3) is 0 Å². The minimum absolute atomic E-state index is 0.475. The molecular weight excluding hydrogens is 256 g/mol. The molecule has 100 valence electrons. The first kappa shape index (κ1) is 12.2. The molecule has 3 rings (SSSR count). The van der Waals surface area contributed by atoms with Gasteiger partial charge in [0.2, 0.25) is 0 Å². The van der Waals surface area contributed by atoms with E-state index in [1.54, 1.807) is 48.5 Å². The largest absolute Gasteiger partial charge is 0.468 e. The van der Waals surface area contributed by atoms with Gasteiger partial charge in [-0.05, 0) is 24.3 Å². The smallest absolute Gasteiger partial charge is 0.275 e. The molecule has 1 unspecified atom stereocenters. The Labute approximate surface area is 115 Å². The van der Waals surface area contributed by atoms with Crippen LogP contribution in [0.2, 0.25) is 0 Å². The highest BCUT2D eigenvalue weighted by Gasteiger charge is 2.33. The van der Waals surface area contributed by atoms with Crippen molar-refractivity contribution in [2.45, 2.75) is 6.10 Å². The second-order valence-electron chi connectivity index (χ2n) is 4.34. The number of hydrogen-bond acceptors (Lipinski definition) is 3. The molecule has 5 heteroatoms. The van der Waals surface area contributed by atoms with Gasteiger partial charge < -0.3 is 15.4 Å². The van der Waals surface area contributed by atoms with E-state index in [1.807, 2.05) is 6.07 Å². The number of rotatable bonds is 2. The van der Waals surface area contributed by atoms with Crippen molar-refractivity contribution in [3.05, 3.63) is 54.6 Å². The van der Waals surface area contributed by atoms with Gasteiger partial charge in [-0.3, -0.25) is 9.59 Å². The number of ether oxygens (including phenoxy) is 1. The predicted octanol–water partition coefficient (Wildman–Crippen LogP) is 2.02. The molecule has 0 aliphatic carbocycles. The van der Waals surface area contributed by atoms with Crippen LogP contribution in [0.1, 0.15) is 0 Å². The van der Waals surface area contributed by atoms with E-state index in [-0.39, 0.29) is 0 Å². The van der Waals surface area contributed by atoms with Gasteiger partial charge in [-0.2, -0.15) is 0 Å². The first-order chi connectivity index (χ1) is 9.74. The van der Waals surface area contributed by atoms with Crippen molar-refractivity contribution in [3.8, 4) is 5.75 Å². The third-order valence-electron chi connectivity index (χ3n) is 2.91. The number of carbonyl (C=O) groups excluding carboxylic acids is 2. The van der Waals surface area contributed by atoms with Crippen molar-refractivity contribution in [1.82, 2.24) is 0 Å². The lowest BCUT2D eigenvalue weighted by Gasteiger charge is -2.24. The highest BCUT2D eigenvalue weighted by Crippen LogP contribution is 2.29. The van der Waals surface area contributed by atoms with Crippen molar-refractivity contribution in [2.24, 2.45) is 0 Å². The highest BCUT2D eigenvalue weighted by atomic mass is 16.5. The summed E-state index contributed by atoms with van der Waals surface area (Å²) in [5.41, 5.74) is 1.19. The molecule has 2 amide bonds. The molecule has 5 nitrogen and oxygen atoms in total. The zero-order valence-corrected chi connectivity index (χ0v) is 10.5. The van der Waals surface area contributed by atoms with Crippen LogP contribution in [0.3, 0.4) is 0 Å². The fraction of sp³-hybridized carbons (Fsp3) is 0.0667. The van der Waals surface area contributed by atoms with E-state index < -0.39 is 17.9 Å². The molecule has 0 aromatic heterocycles. The zero-order chi connectivity index (χ0) is 13.9. The Bertz CT molecular complexity index is 655. The molecule has 2 aromatic carbocycles. The van der Waals surface area contributed by atoms with Gasteiger partial charge in [-0.15, -0.1) is 0 Å². The maximum absolute atomic E-state index is 12.1. The Balaban J connectivity index is 1.78. The Hall–Kier alpha value is -2.82. The van der Waals surface area contributed by atoms with Crippen molar-refractivity contribution >= 4 is 23.2 Å². The SMILES string of the molecule is O=C(Nc1ccccc1)C1Oc2ccccc2NC1=O. The van der Waals surface area contributed by atoms with Crippen LogP contribution in [0.4, 0.5) is 11.4 Å². The summed E-state index contributed by atoms with van der Waals surface area (Å²) in [5.74, 6) is -0.486. The van der Waals surface area contributed by atoms with E-state index in [4.69, 9.17) is 4.74 Å². The molecule has 1 atom stereocenters. The van der Waals surface area contributed by atoms with Gasteiger partial charge in [0.05, 0.1) is 5.69 Å². The summed E-state index contributed by atoms with van der Waals surface area (Å²) in [4.78, 5) is 24.0. The van der Waals surface area contributed by atoms with Gasteiger partial charge in [0.25, 0.3) is 17.9 Å². The second-order valence-corrected chi connectivity index (χ2v) is 4.34. The van der Waals surface area contributed by atoms with Gasteiger partial charge in [0, 0.05) is 5.69 Å². The number of fused-ring (bicyclic) bond motifs is 1. The molecule has 2 N–H and O–H groups in total. The molecule has 0 saturated heterocycles. The monoisotopic (exact) mass is 268 g/mol. The Morgan fingerprint density at radius 1 is 1.05 bits per heavy atom. The Morgan fingerprint density at radius 3 is 2.55 bits per heavy atom. The summed E-state index contributed by atoms with van der Waals surface area (Å²) < 4.78 is 5.45. The minimum atomic E-state index is -1.19. The molecule has 0 bridgehead atoms. The van der Waals surface area contributed by atoms with Gasteiger partial charge in [-0.25, -0.2) is 0 Å². The Morgan fingerprint density at radius 2 is 1.75 bits per heavy atom. The van der Waals surface area contributed by atoms with Crippen LogP contribution in [0, 0.1) is 0 Å². The number of anilines is 2. The molecule has 0 radical (unpaired) electrons. The minimum Gasteiger partial charge on any atom is -0.468 e. The average molecular weight is 268 g/mol. The number of nitrogens with one attached hydrogen (secondary N) is 2. The van der Waals surface area contributed by atoms with Crippen LogP contribution in [-0.4, -0.2) is 17.9 Å². The number of amides is 2. The molecular formula is C15H12N2O3. The van der Waals surface area contributed by atoms with Gasteiger partial charge >= 0.3 is 0 Å². The molecule has 0 fully saturated rings. The summed E-state index contributed by atoms with van der Waals surface area (Å²) in [6.07, 6.45) is -1.19. The van der Waals surface area contributed by atoms with Crippen molar-refractivity contribution in [3.63, 3.8) is 0 Å². The molecule has 1 heterocycles. The molecule has 0 saturated carbocycles. The van der Waals surface area contributed by atoms with Crippen molar-refractivity contribution in [1.29, 1.82) is 0 Å². The van der Waals surface area contributed by atoms with E-state index in [1.165, 1.54) is 0 Å². The number of carbonyl (C=O) groups is 2. The van der Waals surface area contributed by atoms with Gasteiger partial charge in [0.1, 0.15) is 5.75 Å². The first-order valence-electron chi connectivity index (χ1n) is 6.16. The maximum atomic E-state index is 12.1. The zero-order valence-electron chi connectivity index (χ0n) is 10.5. The van der Waals surface area contributed by atoms with E-state index >= 15 is 0 Å². The normalized spacial score (nSPS) is 16.6. The molecule has 2 aromatic rings. The Kier molecular flexibility index (Phi) is 3.09. The lowest BCUT2D eigenvalue weighted by Crippen LogP contribution is -2.45. The van der Waals surface area contributed by atoms with Crippen LogP contribution in [0.5, 0.6) is 5.75 Å². The molecule has 0 spiro atoms. The average Bonchev–Trinajstić information content (AvgIpc) is 2.47. The standard InChI is InChI=1S/C15H12N2O3/c18-14(16-10-6-2-1-3-7-10)13-15(19)17-11-8-4-5-9-12(11)20-13/h1-9,13H,(H,16,18)(H,17,19). The fourth-order valence-electron chi connectivity index (χ4n) is 1.95. The topological polar surface area (TPSA) is 67.4 Å². The van der Waals surface area contributed by atoms with Crippen LogP contribution in [-0.2, 0) is 9.59 Å². The van der Waals surface area contributed by atoms with Crippen molar-refractivity contribution in [2.75, 3.05) is 10.6 Å². The van der Waals surface area contributed by atoms with Gasteiger partial charge in [-0.1, -0.05) is 30.3 Å².